The molecular formula is C18H23N5O6S. The molecular weight excluding hydrogens is 414 g/mol. The number of hydrogen-bond acceptors (Lipinski definition) is 9. The number of nitro benzene ring substituents is 1. The molecule has 2 rings (SSSR count). The first kappa shape index (κ1) is 23.2. The quantitative estimate of drug-likeness (QED) is 0.305. The van der Waals surface area contributed by atoms with Gasteiger partial charge in [-0.2, -0.15) is 9.41 Å². The molecule has 0 bridgehead atoms. The van der Waals surface area contributed by atoms with Crippen LogP contribution >= 0.6 is 0 Å². The maximum atomic E-state index is 13.0. The summed E-state index contributed by atoms with van der Waals surface area (Å²) in [5, 5.41) is 34.7. The number of rotatable bonds is 9. The van der Waals surface area contributed by atoms with Crippen LogP contribution in [0.15, 0.2) is 34.4 Å². The SMILES string of the molecule is CCN(CC)S(=O)(=O)c1cc([N+](=O)[O-])ccc1NN=Cc1c(CO)cnc(C)c1O. The van der Waals surface area contributed by atoms with Crippen molar-refractivity contribution < 1.29 is 23.6 Å². The molecule has 0 amide bonds. The first-order chi connectivity index (χ1) is 14.2. The van der Waals surface area contributed by atoms with E-state index in [1.165, 1.54) is 22.8 Å². The van der Waals surface area contributed by atoms with E-state index in [0.717, 1.165) is 12.1 Å². The van der Waals surface area contributed by atoms with Crippen molar-refractivity contribution in [1.29, 1.82) is 0 Å². The van der Waals surface area contributed by atoms with Crippen LogP contribution in [0.3, 0.4) is 0 Å². The van der Waals surface area contributed by atoms with E-state index < -0.39 is 14.9 Å². The minimum atomic E-state index is -4.02. The average Bonchev–Trinajstić information content (AvgIpc) is 2.71. The summed E-state index contributed by atoms with van der Waals surface area (Å²) in [6.45, 7) is 4.89. The summed E-state index contributed by atoms with van der Waals surface area (Å²) in [6, 6.07) is 3.38. The van der Waals surface area contributed by atoms with Crippen molar-refractivity contribution in [2.24, 2.45) is 5.10 Å². The first-order valence-electron chi connectivity index (χ1n) is 9.03. The second-order valence-electron chi connectivity index (χ2n) is 6.19. The van der Waals surface area contributed by atoms with Crippen molar-refractivity contribution in [3.05, 3.63) is 51.3 Å². The molecule has 12 heteroatoms. The third-order valence-corrected chi connectivity index (χ3v) is 6.50. The Morgan fingerprint density at radius 3 is 2.57 bits per heavy atom. The highest BCUT2D eigenvalue weighted by Crippen LogP contribution is 2.29. The third-order valence-electron chi connectivity index (χ3n) is 4.41. The molecule has 0 atom stereocenters. The van der Waals surface area contributed by atoms with E-state index in [4.69, 9.17) is 0 Å². The second-order valence-corrected chi connectivity index (χ2v) is 8.09. The molecule has 1 heterocycles. The third kappa shape index (κ3) is 4.72. The van der Waals surface area contributed by atoms with Crippen molar-refractivity contribution in [3.63, 3.8) is 0 Å². The minimum absolute atomic E-state index is 0.0274. The number of nitro groups is 1. The summed E-state index contributed by atoms with van der Waals surface area (Å²) in [5.74, 6) is -0.174. The highest BCUT2D eigenvalue weighted by atomic mass is 32.2. The van der Waals surface area contributed by atoms with Crippen LogP contribution in [-0.2, 0) is 16.6 Å². The van der Waals surface area contributed by atoms with Gasteiger partial charge in [-0.1, -0.05) is 13.8 Å². The lowest BCUT2D eigenvalue weighted by Gasteiger charge is -2.20. The summed E-state index contributed by atoms with van der Waals surface area (Å²) in [5.41, 5.74) is 3.08. The van der Waals surface area contributed by atoms with Crippen LogP contribution in [0.25, 0.3) is 0 Å². The Balaban J connectivity index is 2.50. The summed E-state index contributed by atoms with van der Waals surface area (Å²) < 4.78 is 27.1. The predicted octanol–water partition coefficient (Wildman–Crippen LogP) is 1.97. The Kier molecular flexibility index (Phi) is 7.43. The van der Waals surface area contributed by atoms with E-state index in [-0.39, 0.29) is 47.3 Å². The van der Waals surface area contributed by atoms with Crippen LogP contribution < -0.4 is 5.43 Å². The number of pyridine rings is 1. The number of aliphatic hydroxyl groups excluding tert-OH is 1. The molecule has 0 aliphatic carbocycles. The second kappa shape index (κ2) is 9.61. The van der Waals surface area contributed by atoms with Crippen molar-refractivity contribution >= 4 is 27.6 Å². The number of aromatic hydroxyl groups is 1. The highest BCUT2D eigenvalue weighted by molar-refractivity contribution is 7.89. The normalized spacial score (nSPS) is 11.9. The smallest absolute Gasteiger partial charge is 0.270 e. The number of hydrazone groups is 1. The molecule has 30 heavy (non-hydrogen) atoms. The number of benzene rings is 1. The molecule has 1 aromatic carbocycles. The fourth-order valence-electron chi connectivity index (χ4n) is 2.72. The Hall–Kier alpha value is -3.09. The van der Waals surface area contributed by atoms with Gasteiger partial charge < -0.3 is 10.2 Å². The molecule has 0 radical (unpaired) electrons. The van der Waals surface area contributed by atoms with Gasteiger partial charge in [0, 0.05) is 42.5 Å². The topological polar surface area (TPSA) is 158 Å². The van der Waals surface area contributed by atoms with Gasteiger partial charge in [0.15, 0.2) is 0 Å². The van der Waals surface area contributed by atoms with Crippen molar-refractivity contribution in [2.45, 2.75) is 32.3 Å². The van der Waals surface area contributed by atoms with Gasteiger partial charge >= 0.3 is 0 Å². The summed E-state index contributed by atoms with van der Waals surface area (Å²) in [7, 11) is -4.02. The van der Waals surface area contributed by atoms with Crippen molar-refractivity contribution in [2.75, 3.05) is 18.5 Å². The molecule has 11 nitrogen and oxygen atoms in total. The predicted molar refractivity (Wildman–Crippen MR) is 111 cm³/mol. The molecule has 2 aromatic rings. The number of sulfonamides is 1. The van der Waals surface area contributed by atoms with Crippen molar-refractivity contribution in [1.82, 2.24) is 9.29 Å². The molecule has 0 unspecified atom stereocenters. The van der Waals surface area contributed by atoms with Crippen LogP contribution in [0, 0.1) is 17.0 Å². The van der Waals surface area contributed by atoms with E-state index in [1.807, 2.05) is 0 Å². The van der Waals surface area contributed by atoms with Crippen molar-refractivity contribution in [3.8, 4) is 5.75 Å². The number of nitrogens with zero attached hydrogens (tertiary/aromatic N) is 4. The van der Waals surface area contributed by atoms with Crippen LogP contribution in [0.2, 0.25) is 0 Å². The first-order valence-corrected chi connectivity index (χ1v) is 10.5. The molecule has 3 N–H and O–H groups in total. The summed E-state index contributed by atoms with van der Waals surface area (Å²) >= 11 is 0. The van der Waals surface area contributed by atoms with E-state index >= 15 is 0 Å². The van der Waals surface area contributed by atoms with E-state index in [2.05, 4.69) is 15.5 Å². The number of hydrogen-bond donors (Lipinski definition) is 3. The Morgan fingerprint density at radius 1 is 1.33 bits per heavy atom. The number of anilines is 1. The standard InChI is InChI=1S/C18H23N5O6S/c1-4-22(5-2)30(28,29)17-8-14(23(26)27)6-7-16(17)21-20-10-15-13(11-24)9-19-12(3)18(15)25/h6-10,21,24-25H,4-5,11H2,1-3H3. The largest absolute Gasteiger partial charge is 0.505 e. The van der Waals surface area contributed by atoms with Crippen LogP contribution in [-0.4, -0.2) is 52.1 Å². The molecule has 162 valence electrons. The summed E-state index contributed by atoms with van der Waals surface area (Å²) in [4.78, 5) is 14.1. The zero-order valence-corrected chi connectivity index (χ0v) is 17.5. The zero-order chi connectivity index (χ0) is 22.5. The number of aliphatic hydroxyl groups is 1. The van der Waals surface area contributed by atoms with Gasteiger partial charge in [-0.05, 0) is 13.0 Å². The molecule has 0 saturated heterocycles. The number of aryl methyl sites for hydroxylation is 1. The monoisotopic (exact) mass is 437 g/mol. The Morgan fingerprint density at radius 2 is 2.00 bits per heavy atom. The fourth-order valence-corrected chi connectivity index (χ4v) is 4.34. The fraction of sp³-hybridized carbons (Fsp3) is 0.333. The van der Waals surface area contributed by atoms with E-state index in [9.17, 15) is 28.7 Å². The lowest BCUT2D eigenvalue weighted by atomic mass is 10.1. The summed E-state index contributed by atoms with van der Waals surface area (Å²) in [6.07, 6.45) is 2.60. The van der Waals surface area contributed by atoms with Gasteiger partial charge in [-0.15, -0.1) is 0 Å². The Bertz CT molecular complexity index is 1070. The molecule has 1 aromatic heterocycles. The number of nitrogens with one attached hydrogen (secondary N) is 1. The molecule has 0 aliphatic heterocycles. The molecule has 0 aliphatic rings. The maximum Gasteiger partial charge on any atom is 0.270 e. The zero-order valence-electron chi connectivity index (χ0n) is 16.7. The lowest BCUT2D eigenvalue weighted by Crippen LogP contribution is -2.31. The average molecular weight is 437 g/mol. The van der Waals surface area contributed by atoms with Gasteiger partial charge in [0.1, 0.15) is 10.6 Å². The van der Waals surface area contributed by atoms with Crippen LogP contribution in [0.1, 0.15) is 30.7 Å². The van der Waals surface area contributed by atoms with E-state index in [0.29, 0.717) is 11.3 Å². The van der Waals surface area contributed by atoms with Gasteiger partial charge in [-0.25, -0.2) is 8.42 Å². The minimum Gasteiger partial charge on any atom is -0.505 e. The van der Waals surface area contributed by atoms with E-state index in [1.54, 1.807) is 20.8 Å². The number of aromatic nitrogens is 1. The van der Waals surface area contributed by atoms with Gasteiger partial charge in [0.2, 0.25) is 10.0 Å². The maximum absolute atomic E-state index is 13.0. The van der Waals surface area contributed by atoms with Crippen LogP contribution in [0.4, 0.5) is 11.4 Å². The lowest BCUT2D eigenvalue weighted by molar-refractivity contribution is -0.385. The Labute approximate surface area is 173 Å². The van der Waals surface area contributed by atoms with Crippen LogP contribution in [0.5, 0.6) is 5.75 Å². The molecule has 0 saturated carbocycles. The highest BCUT2D eigenvalue weighted by Gasteiger charge is 2.27. The van der Waals surface area contributed by atoms with Gasteiger partial charge in [-0.3, -0.25) is 20.5 Å². The van der Waals surface area contributed by atoms with Gasteiger partial charge in [0.25, 0.3) is 5.69 Å². The van der Waals surface area contributed by atoms with Gasteiger partial charge in [0.05, 0.1) is 29.1 Å². The molecule has 0 fully saturated rings. The molecule has 0 spiro atoms. The number of non-ortho nitro benzene ring substituents is 1.